The Morgan fingerprint density at radius 3 is 3.04 bits per heavy atom. The lowest BCUT2D eigenvalue weighted by Crippen LogP contribution is -2.41. The minimum atomic E-state index is -0.0371. The molecule has 1 saturated heterocycles. The molecule has 3 heterocycles. The van der Waals surface area contributed by atoms with Crippen molar-refractivity contribution in [3.8, 4) is 0 Å². The number of ether oxygens (including phenoxy) is 1. The Labute approximate surface area is 165 Å². The van der Waals surface area contributed by atoms with Crippen molar-refractivity contribution >= 4 is 39.2 Å². The predicted molar refractivity (Wildman–Crippen MR) is 109 cm³/mol. The first kappa shape index (κ1) is 18.9. The fraction of sp³-hybridized carbons (Fsp3) is 0.611. The van der Waals surface area contributed by atoms with Gasteiger partial charge in [0.2, 0.25) is 5.91 Å². The molecule has 2 N–H and O–H groups in total. The van der Waals surface area contributed by atoms with Crippen LogP contribution in [0.25, 0.3) is 10.2 Å². The number of hydrogen-bond acceptors (Lipinski definition) is 7. The average molecular weight is 409 g/mol. The number of rotatable bonds is 7. The highest BCUT2D eigenvalue weighted by atomic mass is 32.2. The Morgan fingerprint density at radius 1 is 1.33 bits per heavy atom. The number of carbonyl (C=O) groups is 1. The van der Waals surface area contributed by atoms with Crippen LogP contribution in [0.4, 0.5) is 0 Å². The van der Waals surface area contributed by atoms with Gasteiger partial charge in [0.1, 0.15) is 10.7 Å². The summed E-state index contributed by atoms with van der Waals surface area (Å²) < 4.78 is 5.31. The van der Waals surface area contributed by atoms with Crippen molar-refractivity contribution in [3.05, 3.63) is 26.6 Å². The van der Waals surface area contributed by atoms with Crippen molar-refractivity contribution in [2.75, 3.05) is 45.1 Å². The summed E-state index contributed by atoms with van der Waals surface area (Å²) in [6.45, 7) is 4.91. The van der Waals surface area contributed by atoms with Gasteiger partial charge in [-0.05, 0) is 24.8 Å². The van der Waals surface area contributed by atoms with Gasteiger partial charge < -0.3 is 15.0 Å². The number of thioether (sulfide) groups is 1. The number of H-pyrrole nitrogens is 1. The zero-order valence-electron chi connectivity index (χ0n) is 15.2. The molecule has 0 atom stereocenters. The highest BCUT2D eigenvalue weighted by Crippen LogP contribution is 2.34. The van der Waals surface area contributed by atoms with E-state index >= 15 is 0 Å². The van der Waals surface area contributed by atoms with E-state index in [0.29, 0.717) is 23.9 Å². The normalized spacial score (nSPS) is 17.3. The van der Waals surface area contributed by atoms with E-state index in [0.717, 1.165) is 62.3 Å². The van der Waals surface area contributed by atoms with Crippen molar-refractivity contribution in [2.45, 2.75) is 25.0 Å². The lowest BCUT2D eigenvalue weighted by molar-refractivity contribution is -0.118. The Kier molecular flexibility index (Phi) is 6.11. The summed E-state index contributed by atoms with van der Waals surface area (Å²) in [5, 5.41) is 3.73. The molecule has 9 heteroatoms. The molecule has 1 amide bonds. The van der Waals surface area contributed by atoms with Gasteiger partial charge in [-0.1, -0.05) is 0 Å². The van der Waals surface area contributed by atoms with E-state index in [1.54, 1.807) is 11.3 Å². The molecule has 0 aromatic carbocycles. The first-order chi connectivity index (χ1) is 13.2. The molecule has 146 valence electrons. The largest absolute Gasteiger partial charge is 0.379 e. The van der Waals surface area contributed by atoms with Crippen LogP contribution in [0.3, 0.4) is 0 Å². The molecule has 27 heavy (non-hydrogen) atoms. The number of carbonyl (C=O) groups excluding carboxylic acids is 1. The number of nitrogens with one attached hydrogen (secondary N) is 2. The number of thiophene rings is 1. The highest BCUT2D eigenvalue weighted by molar-refractivity contribution is 7.99. The molecule has 0 radical (unpaired) electrons. The third-order valence-corrected chi connectivity index (χ3v) is 7.08. The van der Waals surface area contributed by atoms with Crippen LogP contribution in [0.15, 0.2) is 4.79 Å². The molecular weight excluding hydrogens is 384 g/mol. The Morgan fingerprint density at radius 2 is 2.19 bits per heavy atom. The first-order valence-electron chi connectivity index (χ1n) is 9.38. The highest BCUT2D eigenvalue weighted by Gasteiger charge is 2.21. The van der Waals surface area contributed by atoms with Crippen LogP contribution < -0.4 is 10.9 Å². The Hall–Kier alpha value is -1.42. The van der Waals surface area contributed by atoms with Gasteiger partial charge in [0.25, 0.3) is 5.56 Å². The van der Waals surface area contributed by atoms with E-state index in [2.05, 4.69) is 20.2 Å². The second-order valence-electron chi connectivity index (χ2n) is 6.85. The number of hydrogen-bond donors (Lipinski definition) is 2. The summed E-state index contributed by atoms with van der Waals surface area (Å²) in [4.78, 5) is 36.4. The minimum absolute atomic E-state index is 0.0202. The molecule has 0 unspecified atom stereocenters. The number of aromatic nitrogens is 2. The smallest absolute Gasteiger partial charge is 0.259 e. The number of aromatic amines is 1. The van der Waals surface area contributed by atoms with Crippen molar-refractivity contribution in [3.63, 3.8) is 0 Å². The maximum Gasteiger partial charge on any atom is 0.259 e. The van der Waals surface area contributed by atoms with E-state index in [9.17, 15) is 9.59 Å². The summed E-state index contributed by atoms with van der Waals surface area (Å²) in [5.41, 5.74) is 1.16. The lowest BCUT2D eigenvalue weighted by Gasteiger charge is -2.26. The minimum Gasteiger partial charge on any atom is -0.379 e. The van der Waals surface area contributed by atoms with E-state index in [-0.39, 0.29) is 11.5 Å². The van der Waals surface area contributed by atoms with Crippen molar-refractivity contribution < 1.29 is 9.53 Å². The van der Waals surface area contributed by atoms with Crippen molar-refractivity contribution in [1.82, 2.24) is 20.2 Å². The topological polar surface area (TPSA) is 87.3 Å². The standard InChI is InChI=1S/C18H24N4O3S2/c23-15(19-4-5-22-6-8-25-9-7-22)11-26-10-14-20-17(24)16-12-2-1-3-13(12)27-18(16)21-14/h1-11H2,(H,19,23)(H,20,21,24). The quantitative estimate of drug-likeness (QED) is 0.715. The van der Waals surface area contributed by atoms with Gasteiger partial charge in [0.05, 0.1) is 30.1 Å². The maximum atomic E-state index is 12.4. The van der Waals surface area contributed by atoms with Crippen LogP contribution >= 0.6 is 23.1 Å². The van der Waals surface area contributed by atoms with Crippen LogP contribution in [0.2, 0.25) is 0 Å². The van der Waals surface area contributed by atoms with Gasteiger partial charge in [-0.15, -0.1) is 23.1 Å². The fourth-order valence-electron chi connectivity index (χ4n) is 3.58. The summed E-state index contributed by atoms with van der Waals surface area (Å²) in [6.07, 6.45) is 3.18. The molecule has 0 spiro atoms. The second-order valence-corrected chi connectivity index (χ2v) is 8.92. The zero-order valence-corrected chi connectivity index (χ0v) is 16.8. The van der Waals surface area contributed by atoms with Gasteiger partial charge in [-0.25, -0.2) is 4.98 Å². The van der Waals surface area contributed by atoms with E-state index in [1.165, 1.54) is 22.2 Å². The molecule has 1 fully saturated rings. The second kappa shape index (κ2) is 8.72. The van der Waals surface area contributed by atoms with Crippen LogP contribution in [-0.4, -0.2) is 65.9 Å². The SMILES string of the molecule is O=C(CSCc1nc2sc3c(c2c(=O)[nH]1)CCC3)NCCN1CCOCC1. The van der Waals surface area contributed by atoms with Crippen molar-refractivity contribution in [1.29, 1.82) is 0 Å². The third kappa shape index (κ3) is 4.53. The molecule has 1 aliphatic carbocycles. The number of aryl methyl sites for hydroxylation is 2. The number of nitrogens with zero attached hydrogens (tertiary/aromatic N) is 2. The van der Waals surface area contributed by atoms with Crippen LogP contribution in [0.5, 0.6) is 0 Å². The monoisotopic (exact) mass is 408 g/mol. The third-order valence-electron chi connectivity index (χ3n) is 4.95. The summed E-state index contributed by atoms with van der Waals surface area (Å²) in [5.74, 6) is 1.57. The molecule has 7 nitrogen and oxygen atoms in total. The lowest BCUT2D eigenvalue weighted by atomic mass is 10.2. The summed E-state index contributed by atoms with van der Waals surface area (Å²) in [7, 11) is 0. The molecule has 2 aromatic rings. The maximum absolute atomic E-state index is 12.4. The van der Waals surface area contributed by atoms with Gasteiger partial charge >= 0.3 is 0 Å². The van der Waals surface area contributed by atoms with E-state index in [4.69, 9.17) is 4.74 Å². The number of amides is 1. The van der Waals surface area contributed by atoms with Gasteiger partial charge in [0, 0.05) is 31.1 Å². The molecule has 2 aliphatic rings. The summed E-state index contributed by atoms with van der Waals surface area (Å²) in [6, 6.07) is 0. The van der Waals surface area contributed by atoms with Gasteiger partial charge in [0.15, 0.2) is 0 Å². The van der Waals surface area contributed by atoms with Crippen molar-refractivity contribution in [2.24, 2.45) is 0 Å². The molecular formula is C18H24N4O3S2. The molecule has 0 bridgehead atoms. The first-order valence-corrected chi connectivity index (χ1v) is 11.4. The van der Waals surface area contributed by atoms with Gasteiger partial charge in [-0.3, -0.25) is 14.5 Å². The van der Waals surface area contributed by atoms with Crippen LogP contribution in [0, 0.1) is 0 Å². The number of morpholine rings is 1. The van der Waals surface area contributed by atoms with E-state index < -0.39 is 0 Å². The summed E-state index contributed by atoms with van der Waals surface area (Å²) >= 11 is 3.12. The van der Waals surface area contributed by atoms with Crippen LogP contribution in [-0.2, 0) is 28.1 Å². The van der Waals surface area contributed by atoms with Gasteiger partial charge in [-0.2, -0.15) is 0 Å². The Bertz CT molecular complexity index is 873. The number of fused-ring (bicyclic) bond motifs is 3. The molecule has 2 aromatic heterocycles. The fourth-order valence-corrected chi connectivity index (χ4v) is 5.59. The molecule has 4 rings (SSSR count). The molecule has 0 saturated carbocycles. The zero-order chi connectivity index (χ0) is 18.6. The van der Waals surface area contributed by atoms with Crippen LogP contribution in [0.1, 0.15) is 22.7 Å². The average Bonchev–Trinajstić information content (AvgIpc) is 3.23. The van der Waals surface area contributed by atoms with E-state index in [1.807, 2.05) is 0 Å². The predicted octanol–water partition coefficient (Wildman–Crippen LogP) is 1.15. The molecule has 1 aliphatic heterocycles. The Balaban J connectivity index is 1.24.